The van der Waals surface area contributed by atoms with Crippen molar-refractivity contribution in [1.29, 1.82) is 0 Å². The van der Waals surface area contributed by atoms with E-state index in [0.717, 1.165) is 17.7 Å². The Kier molecular flexibility index (Phi) is 4.52. The monoisotopic (exact) mass is 393 g/mol. The molecule has 1 aromatic rings. The molecule has 2 rings (SSSR count). The van der Waals surface area contributed by atoms with Crippen LogP contribution in [0.1, 0.15) is 17.5 Å². The summed E-state index contributed by atoms with van der Waals surface area (Å²) in [5.41, 5.74) is 2.30. The van der Waals surface area contributed by atoms with Gasteiger partial charge in [0.05, 0.1) is 13.0 Å². The Morgan fingerprint density at radius 2 is 2.25 bits per heavy atom. The number of benzene rings is 1. The summed E-state index contributed by atoms with van der Waals surface area (Å²) in [4.78, 5) is 10.9. The first-order chi connectivity index (χ1) is 7.22. The quantitative estimate of drug-likeness (QED) is 0.836. The van der Waals surface area contributed by atoms with Gasteiger partial charge in [-0.3, -0.25) is 4.79 Å². The van der Waals surface area contributed by atoms with Gasteiger partial charge in [-0.25, -0.2) is 0 Å². The van der Waals surface area contributed by atoms with Crippen molar-refractivity contribution in [2.75, 3.05) is 7.11 Å². The number of carboxylic acids is 1. The summed E-state index contributed by atoms with van der Waals surface area (Å²) in [5, 5.41) is 8.96. The molecule has 0 saturated heterocycles. The van der Waals surface area contributed by atoms with E-state index in [1.807, 2.05) is 18.2 Å². The Morgan fingerprint density at radius 1 is 1.50 bits per heavy atom. The molecule has 1 aromatic carbocycles. The third kappa shape index (κ3) is 2.45. The van der Waals surface area contributed by atoms with E-state index in [-0.39, 0.29) is 26.3 Å². The largest absolute Gasteiger partial charge is 0.496 e. The fraction of sp³-hybridized carbons (Fsp3) is 0.417. The molecule has 0 aliphatic heterocycles. The van der Waals surface area contributed by atoms with Crippen molar-refractivity contribution in [2.45, 2.75) is 19.3 Å². The minimum absolute atomic E-state index is 0. The van der Waals surface area contributed by atoms with Crippen LogP contribution in [0, 0.1) is 5.92 Å². The normalized spacial score (nSPS) is 18.2. The van der Waals surface area contributed by atoms with Crippen LogP contribution < -0.4 is 4.74 Å². The zero-order valence-electron chi connectivity index (χ0n) is 9.07. The third-order valence-electron chi connectivity index (χ3n) is 3.01. The number of rotatable bonds is 2. The van der Waals surface area contributed by atoms with Crippen LogP contribution in [0.2, 0.25) is 0 Å². The molecule has 1 aliphatic carbocycles. The van der Waals surface area contributed by atoms with Gasteiger partial charge in [0.15, 0.2) is 0 Å². The van der Waals surface area contributed by atoms with Crippen molar-refractivity contribution < 1.29 is 35.1 Å². The van der Waals surface area contributed by atoms with Gasteiger partial charge < -0.3 is 9.84 Å². The van der Waals surface area contributed by atoms with Crippen molar-refractivity contribution in [3.05, 3.63) is 29.3 Å². The molecule has 1 aliphatic rings. The molecule has 4 heteroatoms. The summed E-state index contributed by atoms with van der Waals surface area (Å²) < 4.78 is 5.26. The van der Waals surface area contributed by atoms with Crippen molar-refractivity contribution in [3.63, 3.8) is 0 Å². The Bertz CT molecular complexity index is 390. The van der Waals surface area contributed by atoms with E-state index in [0.29, 0.717) is 12.8 Å². The minimum Gasteiger partial charge on any atom is -0.496 e. The van der Waals surface area contributed by atoms with Crippen molar-refractivity contribution in [2.24, 2.45) is 5.92 Å². The van der Waals surface area contributed by atoms with Gasteiger partial charge in [0.25, 0.3) is 0 Å². The summed E-state index contributed by atoms with van der Waals surface area (Å²) in [6.45, 7) is 0. The van der Waals surface area contributed by atoms with E-state index in [1.54, 1.807) is 7.11 Å². The summed E-state index contributed by atoms with van der Waals surface area (Å²) in [6, 6.07) is 5.84. The van der Waals surface area contributed by atoms with Crippen LogP contribution in [0.4, 0.5) is 0 Å². The van der Waals surface area contributed by atoms with E-state index >= 15 is 0 Å². The molecule has 1 N–H and O–H groups in total. The van der Waals surface area contributed by atoms with Gasteiger partial charge in [-0.2, -0.15) is 0 Å². The second kappa shape index (κ2) is 5.47. The molecule has 3 nitrogen and oxygen atoms in total. The molecule has 0 saturated carbocycles. The SMILES string of the molecule is COc1cccc2c1CCC(C(=O)O)C2.[Re]. The number of methoxy groups -OCH3 is 1. The van der Waals surface area contributed by atoms with Gasteiger partial charge in [-0.1, -0.05) is 12.1 Å². The third-order valence-corrected chi connectivity index (χ3v) is 3.01. The zero-order valence-corrected chi connectivity index (χ0v) is 11.8. The molecule has 0 amide bonds. The number of carboxylic acid groups (broad SMARTS) is 1. The maximum absolute atomic E-state index is 10.9. The van der Waals surface area contributed by atoms with Gasteiger partial charge in [0, 0.05) is 20.4 Å². The first-order valence-corrected chi connectivity index (χ1v) is 5.10. The minimum atomic E-state index is -0.691. The molecular formula is C12H14O3Re. The first kappa shape index (κ1) is 13.2. The van der Waals surface area contributed by atoms with Crippen LogP contribution in [0.25, 0.3) is 0 Å². The second-order valence-electron chi connectivity index (χ2n) is 3.88. The zero-order chi connectivity index (χ0) is 10.8. The van der Waals surface area contributed by atoms with Crippen molar-refractivity contribution in [3.8, 4) is 5.75 Å². The maximum atomic E-state index is 10.9. The molecule has 87 valence electrons. The van der Waals surface area contributed by atoms with Crippen LogP contribution in [0.3, 0.4) is 0 Å². The predicted molar refractivity (Wildman–Crippen MR) is 56.1 cm³/mol. The van der Waals surface area contributed by atoms with Crippen LogP contribution in [-0.4, -0.2) is 18.2 Å². The maximum Gasteiger partial charge on any atom is 0.306 e. The van der Waals surface area contributed by atoms with Crippen LogP contribution in [0.5, 0.6) is 5.75 Å². The topological polar surface area (TPSA) is 46.5 Å². The summed E-state index contributed by atoms with van der Waals surface area (Å²) in [7, 11) is 1.65. The average Bonchev–Trinajstić information content (AvgIpc) is 2.27. The second-order valence-corrected chi connectivity index (χ2v) is 3.88. The number of hydrogen-bond donors (Lipinski definition) is 1. The molecule has 0 spiro atoms. The van der Waals surface area contributed by atoms with Gasteiger partial charge in [0.2, 0.25) is 0 Å². The molecule has 1 unspecified atom stereocenters. The molecule has 1 radical (unpaired) electrons. The first-order valence-electron chi connectivity index (χ1n) is 5.10. The van der Waals surface area contributed by atoms with Crippen molar-refractivity contribution >= 4 is 5.97 Å². The van der Waals surface area contributed by atoms with Crippen LogP contribution >= 0.6 is 0 Å². The number of carbonyl (C=O) groups is 1. The number of hydrogen-bond acceptors (Lipinski definition) is 2. The van der Waals surface area contributed by atoms with E-state index in [2.05, 4.69) is 0 Å². The number of ether oxygens (including phenoxy) is 1. The van der Waals surface area contributed by atoms with E-state index in [4.69, 9.17) is 9.84 Å². The molecule has 16 heavy (non-hydrogen) atoms. The fourth-order valence-electron chi connectivity index (χ4n) is 2.17. The molecule has 0 aromatic heterocycles. The van der Waals surface area contributed by atoms with E-state index in [1.165, 1.54) is 5.56 Å². The van der Waals surface area contributed by atoms with Gasteiger partial charge in [-0.05, 0) is 36.5 Å². The van der Waals surface area contributed by atoms with Gasteiger partial charge in [0.1, 0.15) is 5.75 Å². The Labute approximate surface area is 108 Å². The van der Waals surface area contributed by atoms with E-state index < -0.39 is 5.97 Å². The van der Waals surface area contributed by atoms with E-state index in [9.17, 15) is 4.79 Å². The molecule has 0 bridgehead atoms. The molecule has 0 heterocycles. The Hall–Kier alpha value is -0.848. The van der Waals surface area contributed by atoms with Crippen molar-refractivity contribution in [1.82, 2.24) is 0 Å². The molecular weight excluding hydrogens is 378 g/mol. The summed E-state index contributed by atoms with van der Waals surface area (Å²) >= 11 is 0. The van der Waals surface area contributed by atoms with Gasteiger partial charge >= 0.3 is 5.97 Å². The Balaban J connectivity index is 0.00000128. The number of aliphatic carboxylic acids is 1. The molecule has 1 atom stereocenters. The summed E-state index contributed by atoms with van der Waals surface area (Å²) in [6.07, 6.45) is 2.14. The average molecular weight is 392 g/mol. The Morgan fingerprint density at radius 3 is 2.88 bits per heavy atom. The van der Waals surface area contributed by atoms with Crippen LogP contribution in [-0.2, 0) is 38.1 Å². The standard InChI is InChI=1S/C12H14O3.Re/c1-15-11-4-2-3-8-7-9(12(13)14)5-6-10(8)11;/h2-4,9H,5-7H2,1H3,(H,13,14);. The smallest absolute Gasteiger partial charge is 0.306 e. The van der Waals surface area contributed by atoms with Crippen LogP contribution in [0.15, 0.2) is 18.2 Å². The number of fused-ring (bicyclic) bond motifs is 1. The fourth-order valence-corrected chi connectivity index (χ4v) is 2.17. The van der Waals surface area contributed by atoms with Gasteiger partial charge in [-0.15, -0.1) is 0 Å². The predicted octanol–water partition coefficient (Wildman–Crippen LogP) is 1.88. The molecule has 0 fully saturated rings. The summed E-state index contributed by atoms with van der Waals surface area (Å²) in [5.74, 6) is -0.0376.